The van der Waals surface area contributed by atoms with Gasteiger partial charge in [-0.25, -0.2) is 4.39 Å². The van der Waals surface area contributed by atoms with Gasteiger partial charge in [0.2, 0.25) is 5.91 Å². The summed E-state index contributed by atoms with van der Waals surface area (Å²) in [6.07, 6.45) is 0. The Morgan fingerprint density at radius 2 is 2.00 bits per heavy atom. The summed E-state index contributed by atoms with van der Waals surface area (Å²) in [5.41, 5.74) is 1.50. The smallest absolute Gasteiger partial charge is 0.236 e. The zero-order valence-corrected chi connectivity index (χ0v) is 13.0. The lowest BCUT2D eigenvalue weighted by Crippen LogP contribution is -2.49. The van der Waals surface area contributed by atoms with E-state index in [2.05, 4.69) is 17.3 Å². The molecule has 0 saturated carbocycles. The molecule has 0 aromatic heterocycles. The average molecular weight is 293 g/mol. The number of benzene rings is 1. The number of carbonyl (C=O) groups is 1. The molecular weight excluding hydrogens is 269 g/mol. The van der Waals surface area contributed by atoms with E-state index < -0.39 is 0 Å². The van der Waals surface area contributed by atoms with Crippen molar-refractivity contribution < 1.29 is 9.18 Å². The second kappa shape index (κ2) is 7.00. The first-order chi connectivity index (χ1) is 9.97. The number of nitrogens with zero attached hydrogens (tertiary/aromatic N) is 2. The number of nitrogens with one attached hydrogen (secondary N) is 1. The fourth-order valence-corrected chi connectivity index (χ4v) is 2.40. The van der Waals surface area contributed by atoms with Gasteiger partial charge in [-0.05, 0) is 38.1 Å². The summed E-state index contributed by atoms with van der Waals surface area (Å²) in [6, 6.07) is 5.16. The Balaban J connectivity index is 1.84. The third-order valence-electron chi connectivity index (χ3n) is 4.11. The van der Waals surface area contributed by atoms with E-state index in [4.69, 9.17) is 0 Å². The summed E-state index contributed by atoms with van der Waals surface area (Å²) < 4.78 is 13.6. The molecule has 2 rings (SSSR count). The van der Waals surface area contributed by atoms with Crippen LogP contribution in [0.15, 0.2) is 18.2 Å². The van der Waals surface area contributed by atoms with Gasteiger partial charge in [-0.2, -0.15) is 0 Å². The van der Waals surface area contributed by atoms with Gasteiger partial charge < -0.3 is 15.1 Å². The lowest BCUT2D eigenvalue weighted by Gasteiger charge is -2.32. The largest absolute Gasteiger partial charge is 0.339 e. The maximum atomic E-state index is 13.6. The molecule has 1 N–H and O–H groups in total. The Hall–Kier alpha value is -1.46. The SMILES string of the molecule is Cc1ccc(C(C)NCC(=O)N2CCN(C)CC2)cc1F. The number of hydrogen-bond acceptors (Lipinski definition) is 3. The molecule has 4 nitrogen and oxygen atoms in total. The van der Waals surface area contributed by atoms with Crippen molar-refractivity contribution in [3.63, 3.8) is 0 Å². The molecule has 116 valence electrons. The second-order valence-electron chi connectivity index (χ2n) is 5.80. The molecule has 0 spiro atoms. The minimum absolute atomic E-state index is 0.0449. The Labute approximate surface area is 125 Å². The molecule has 21 heavy (non-hydrogen) atoms. The Bertz CT molecular complexity index is 498. The van der Waals surface area contributed by atoms with Gasteiger partial charge in [-0.15, -0.1) is 0 Å². The molecule has 5 heteroatoms. The molecule has 1 aliphatic heterocycles. The highest BCUT2D eigenvalue weighted by molar-refractivity contribution is 5.78. The second-order valence-corrected chi connectivity index (χ2v) is 5.80. The first-order valence-corrected chi connectivity index (χ1v) is 7.43. The Kier molecular flexibility index (Phi) is 5.31. The number of likely N-dealkylation sites (N-methyl/N-ethyl adjacent to an activating group) is 1. The van der Waals surface area contributed by atoms with Gasteiger partial charge in [0.1, 0.15) is 5.82 Å². The normalized spacial score (nSPS) is 17.8. The summed E-state index contributed by atoms with van der Waals surface area (Å²) in [7, 11) is 2.06. The molecule has 1 heterocycles. The van der Waals surface area contributed by atoms with Crippen LogP contribution in [-0.2, 0) is 4.79 Å². The molecule has 0 aliphatic carbocycles. The molecule has 0 bridgehead atoms. The van der Waals surface area contributed by atoms with Crippen molar-refractivity contribution in [2.24, 2.45) is 0 Å². The van der Waals surface area contributed by atoms with E-state index in [0.717, 1.165) is 31.7 Å². The predicted octanol–water partition coefficient (Wildman–Crippen LogP) is 1.56. The number of halogens is 1. The molecule has 0 radical (unpaired) electrons. The van der Waals surface area contributed by atoms with E-state index in [0.29, 0.717) is 12.1 Å². The standard InChI is InChI=1S/C16H24FN3O/c1-12-4-5-14(10-15(12)17)13(2)18-11-16(21)20-8-6-19(3)7-9-20/h4-5,10,13,18H,6-9,11H2,1-3H3. The number of aryl methyl sites for hydroxylation is 1. The van der Waals surface area contributed by atoms with Crippen LogP contribution in [-0.4, -0.2) is 55.5 Å². The maximum absolute atomic E-state index is 13.6. The van der Waals surface area contributed by atoms with Crippen LogP contribution in [0.25, 0.3) is 0 Å². The zero-order chi connectivity index (χ0) is 15.4. The minimum Gasteiger partial charge on any atom is -0.339 e. The van der Waals surface area contributed by atoms with Crippen molar-refractivity contribution in [3.05, 3.63) is 35.1 Å². The fourth-order valence-electron chi connectivity index (χ4n) is 2.40. The van der Waals surface area contributed by atoms with E-state index in [1.54, 1.807) is 13.0 Å². The third-order valence-corrected chi connectivity index (χ3v) is 4.11. The van der Waals surface area contributed by atoms with Crippen molar-refractivity contribution in [2.75, 3.05) is 39.8 Å². The fraction of sp³-hybridized carbons (Fsp3) is 0.562. The van der Waals surface area contributed by atoms with Crippen LogP contribution in [0.4, 0.5) is 4.39 Å². The van der Waals surface area contributed by atoms with Crippen LogP contribution in [0.2, 0.25) is 0 Å². The molecule has 1 aliphatic rings. The van der Waals surface area contributed by atoms with Crippen LogP contribution in [0.5, 0.6) is 0 Å². The maximum Gasteiger partial charge on any atom is 0.236 e. The zero-order valence-electron chi connectivity index (χ0n) is 13.0. The average Bonchev–Trinajstić information content (AvgIpc) is 2.48. The minimum atomic E-state index is -0.202. The highest BCUT2D eigenvalue weighted by Crippen LogP contribution is 2.16. The first-order valence-electron chi connectivity index (χ1n) is 7.43. The van der Waals surface area contributed by atoms with Gasteiger partial charge in [0, 0.05) is 32.2 Å². The first kappa shape index (κ1) is 15.9. The summed E-state index contributed by atoms with van der Waals surface area (Å²) in [4.78, 5) is 16.2. The molecule has 1 atom stereocenters. The van der Waals surface area contributed by atoms with Gasteiger partial charge in [-0.3, -0.25) is 4.79 Å². The van der Waals surface area contributed by atoms with Gasteiger partial charge in [0.15, 0.2) is 0 Å². The molecular formula is C16H24FN3O. The van der Waals surface area contributed by atoms with E-state index in [9.17, 15) is 9.18 Å². The van der Waals surface area contributed by atoms with Crippen LogP contribution < -0.4 is 5.32 Å². The highest BCUT2D eigenvalue weighted by atomic mass is 19.1. The van der Waals surface area contributed by atoms with Gasteiger partial charge in [-0.1, -0.05) is 12.1 Å². The Morgan fingerprint density at radius 1 is 1.33 bits per heavy atom. The van der Waals surface area contributed by atoms with E-state index in [1.165, 1.54) is 6.07 Å². The van der Waals surface area contributed by atoms with Crippen molar-refractivity contribution >= 4 is 5.91 Å². The molecule has 1 unspecified atom stereocenters. The number of amides is 1. The lowest BCUT2D eigenvalue weighted by atomic mass is 10.1. The van der Waals surface area contributed by atoms with E-state index >= 15 is 0 Å². The molecule has 1 saturated heterocycles. The number of rotatable bonds is 4. The quantitative estimate of drug-likeness (QED) is 0.915. The molecule has 1 amide bonds. The topological polar surface area (TPSA) is 35.6 Å². The molecule has 1 aromatic rings. The highest BCUT2D eigenvalue weighted by Gasteiger charge is 2.19. The van der Waals surface area contributed by atoms with Crippen LogP contribution in [0.3, 0.4) is 0 Å². The van der Waals surface area contributed by atoms with Crippen LogP contribution in [0.1, 0.15) is 24.1 Å². The van der Waals surface area contributed by atoms with E-state index in [-0.39, 0.29) is 17.8 Å². The Morgan fingerprint density at radius 3 is 2.62 bits per heavy atom. The summed E-state index contributed by atoms with van der Waals surface area (Å²) in [5.74, 6) is -0.0888. The lowest BCUT2D eigenvalue weighted by molar-refractivity contribution is -0.131. The third kappa shape index (κ3) is 4.25. The van der Waals surface area contributed by atoms with Gasteiger partial charge in [0.25, 0.3) is 0 Å². The number of carbonyl (C=O) groups excluding carboxylic acids is 1. The molecule has 1 aromatic carbocycles. The number of piperazine rings is 1. The summed E-state index contributed by atoms with van der Waals surface area (Å²) in [5, 5.41) is 3.18. The van der Waals surface area contributed by atoms with Crippen LogP contribution in [0, 0.1) is 12.7 Å². The van der Waals surface area contributed by atoms with Gasteiger partial charge in [0.05, 0.1) is 6.54 Å². The summed E-state index contributed by atoms with van der Waals surface area (Å²) >= 11 is 0. The number of hydrogen-bond donors (Lipinski definition) is 1. The van der Waals surface area contributed by atoms with Crippen molar-refractivity contribution in [2.45, 2.75) is 19.9 Å². The van der Waals surface area contributed by atoms with Crippen molar-refractivity contribution in [3.8, 4) is 0 Å². The monoisotopic (exact) mass is 293 g/mol. The van der Waals surface area contributed by atoms with E-state index in [1.807, 2.05) is 17.9 Å². The van der Waals surface area contributed by atoms with Gasteiger partial charge >= 0.3 is 0 Å². The van der Waals surface area contributed by atoms with Crippen molar-refractivity contribution in [1.29, 1.82) is 0 Å². The predicted molar refractivity (Wildman–Crippen MR) is 81.6 cm³/mol. The van der Waals surface area contributed by atoms with Crippen LogP contribution >= 0.6 is 0 Å². The van der Waals surface area contributed by atoms with Crippen molar-refractivity contribution in [1.82, 2.24) is 15.1 Å². The molecule has 1 fully saturated rings. The summed E-state index contributed by atoms with van der Waals surface area (Å²) in [6.45, 7) is 7.39.